The van der Waals surface area contributed by atoms with Crippen LogP contribution in [0, 0.1) is 0 Å². The predicted molar refractivity (Wildman–Crippen MR) is 93.5 cm³/mol. The molecule has 1 amide bonds. The molecule has 3 fully saturated rings. The Balaban J connectivity index is 1.30. The highest BCUT2D eigenvalue weighted by molar-refractivity contribution is 5.76. The van der Waals surface area contributed by atoms with Crippen molar-refractivity contribution in [2.24, 2.45) is 0 Å². The van der Waals surface area contributed by atoms with Gasteiger partial charge in [-0.15, -0.1) is 0 Å². The van der Waals surface area contributed by atoms with Crippen molar-refractivity contribution >= 4 is 5.91 Å². The number of piperidine rings is 1. The van der Waals surface area contributed by atoms with Crippen molar-refractivity contribution in [1.29, 1.82) is 0 Å². The fourth-order valence-corrected chi connectivity index (χ4v) is 4.33. The summed E-state index contributed by atoms with van der Waals surface area (Å²) in [5, 5.41) is 6.68. The maximum Gasteiger partial charge on any atom is 0.221 e. The summed E-state index contributed by atoms with van der Waals surface area (Å²) in [6.45, 7) is 7.88. The quantitative estimate of drug-likeness (QED) is 0.798. The van der Waals surface area contributed by atoms with Crippen molar-refractivity contribution < 1.29 is 4.79 Å². The Kier molecular flexibility index (Phi) is 6.72. The number of hydrogen-bond donors (Lipinski definition) is 2. The molecule has 3 rings (SSSR count). The Labute approximate surface area is 141 Å². The van der Waals surface area contributed by atoms with Gasteiger partial charge in [0, 0.05) is 51.2 Å². The van der Waals surface area contributed by atoms with Gasteiger partial charge < -0.3 is 15.5 Å². The third kappa shape index (κ3) is 5.44. The molecule has 2 heterocycles. The highest BCUT2D eigenvalue weighted by Gasteiger charge is 2.25. The Morgan fingerprint density at radius 2 is 1.65 bits per heavy atom. The largest absolute Gasteiger partial charge is 0.353 e. The van der Waals surface area contributed by atoms with E-state index in [1.54, 1.807) is 0 Å². The highest BCUT2D eigenvalue weighted by atomic mass is 16.1. The van der Waals surface area contributed by atoms with Gasteiger partial charge in [0.15, 0.2) is 0 Å². The maximum atomic E-state index is 12.1. The van der Waals surface area contributed by atoms with Crippen molar-refractivity contribution in [3.63, 3.8) is 0 Å². The molecule has 0 aromatic rings. The van der Waals surface area contributed by atoms with Gasteiger partial charge in [-0.3, -0.25) is 9.69 Å². The second-order valence-corrected chi connectivity index (χ2v) is 7.51. The average Bonchev–Trinajstić information content (AvgIpc) is 2.62. The lowest BCUT2D eigenvalue weighted by molar-refractivity contribution is -0.122. The van der Waals surface area contributed by atoms with E-state index in [4.69, 9.17) is 0 Å². The predicted octanol–water partition coefficient (Wildman–Crippen LogP) is 1.20. The number of rotatable bonds is 5. The second kappa shape index (κ2) is 9.00. The zero-order chi connectivity index (χ0) is 15.9. The van der Waals surface area contributed by atoms with Crippen molar-refractivity contribution in [1.82, 2.24) is 20.4 Å². The molecule has 2 N–H and O–H groups in total. The van der Waals surface area contributed by atoms with Crippen LogP contribution in [0.4, 0.5) is 0 Å². The van der Waals surface area contributed by atoms with Crippen LogP contribution in [0.3, 0.4) is 0 Å². The van der Waals surface area contributed by atoms with Gasteiger partial charge in [-0.2, -0.15) is 0 Å². The SMILES string of the molecule is O=C(CCN1CCN(C2CCNCC2)CC1)NC1CCCCC1. The molecule has 0 bridgehead atoms. The minimum Gasteiger partial charge on any atom is -0.353 e. The zero-order valence-corrected chi connectivity index (χ0v) is 14.6. The molecule has 5 nitrogen and oxygen atoms in total. The number of nitrogens with zero attached hydrogens (tertiary/aromatic N) is 2. The van der Waals surface area contributed by atoms with E-state index in [0.717, 1.165) is 25.7 Å². The van der Waals surface area contributed by atoms with E-state index in [0.29, 0.717) is 12.5 Å². The van der Waals surface area contributed by atoms with E-state index in [-0.39, 0.29) is 5.91 Å². The van der Waals surface area contributed by atoms with Crippen LogP contribution in [0.5, 0.6) is 0 Å². The number of hydrogen-bond acceptors (Lipinski definition) is 4. The van der Waals surface area contributed by atoms with Gasteiger partial charge >= 0.3 is 0 Å². The Hall–Kier alpha value is -0.650. The van der Waals surface area contributed by atoms with Gasteiger partial charge in [-0.25, -0.2) is 0 Å². The van der Waals surface area contributed by atoms with Crippen LogP contribution in [0.25, 0.3) is 0 Å². The summed E-state index contributed by atoms with van der Waals surface area (Å²) < 4.78 is 0. The molecule has 0 unspecified atom stereocenters. The molecule has 2 saturated heterocycles. The second-order valence-electron chi connectivity index (χ2n) is 7.51. The fraction of sp³-hybridized carbons (Fsp3) is 0.944. The first-order chi connectivity index (χ1) is 11.3. The van der Waals surface area contributed by atoms with E-state index < -0.39 is 0 Å². The van der Waals surface area contributed by atoms with Gasteiger partial charge in [0.2, 0.25) is 5.91 Å². The summed E-state index contributed by atoms with van der Waals surface area (Å²) in [5.41, 5.74) is 0. The first-order valence-corrected chi connectivity index (χ1v) is 9.78. The number of amides is 1. The van der Waals surface area contributed by atoms with Crippen LogP contribution in [-0.2, 0) is 4.79 Å². The van der Waals surface area contributed by atoms with Crippen LogP contribution in [0.15, 0.2) is 0 Å². The molecule has 0 aromatic carbocycles. The fourth-order valence-electron chi connectivity index (χ4n) is 4.33. The van der Waals surface area contributed by atoms with Gasteiger partial charge in [-0.1, -0.05) is 19.3 Å². The first-order valence-electron chi connectivity index (χ1n) is 9.78. The van der Waals surface area contributed by atoms with Crippen LogP contribution in [0.2, 0.25) is 0 Å². The highest BCUT2D eigenvalue weighted by Crippen LogP contribution is 2.17. The number of carbonyl (C=O) groups is 1. The zero-order valence-electron chi connectivity index (χ0n) is 14.6. The van der Waals surface area contributed by atoms with Crippen LogP contribution < -0.4 is 10.6 Å². The molecule has 5 heteroatoms. The molecule has 2 aliphatic heterocycles. The number of carbonyl (C=O) groups excluding carboxylic acids is 1. The summed E-state index contributed by atoms with van der Waals surface area (Å²) >= 11 is 0. The normalized spacial score (nSPS) is 26.3. The standard InChI is InChI=1S/C18H34N4O/c23-18(20-16-4-2-1-3-5-16)8-11-21-12-14-22(15-13-21)17-6-9-19-10-7-17/h16-17,19H,1-15H2,(H,20,23). The third-order valence-electron chi connectivity index (χ3n) is 5.86. The van der Waals surface area contributed by atoms with Crippen LogP contribution >= 0.6 is 0 Å². The van der Waals surface area contributed by atoms with E-state index in [2.05, 4.69) is 20.4 Å². The molecule has 23 heavy (non-hydrogen) atoms. The van der Waals surface area contributed by atoms with Crippen LogP contribution in [0.1, 0.15) is 51.4 Å². The Morgan fingerprint density at radius 1 is 0.957 bits per heavy atom. The lowest BCUT2D eigenvalue weighted by Gasteiger charge is -2.40. The molecule has 3 aliphatic rings. The molecule has 0 atom stereocenters. The van der Waals surface area contributed by atoms with E-state index in [1.165, 1.54) is 71.1 Å². The Bertz CT molecular complexity index is 356. The smallest absolute Gasteiger partial charge is 0.221 e. The van der Waals surface area contributed by atoms with Crippen LogP contribution in [-0.4, -0.2) is 73.6 Å². The lowest BCUT2D eigenvalue weighted by atomic mass is 9.95. The molecule has 132 valence electrons. The molecular weight excluding hydrogens is 288 g/mol. The summed E-state index contributed by atoms with van der Waals surface area (Å²) in [4.78, 5) is 17.2. The maximum absolute atomic E-state index is 12.1. The molecule has 0 spiro atoms. The number of piperazine rings is 1. The van der Waals surface area contributed by atoms with Gasteiger partial charge in [-0.05, 0) is 38.8 Å². The first kappa shape index (κ1) is 17.2. The average molecular weight is 322 g/mol. The van der Waals surface area contributed by atoms with Gasteiger partial charge in [0.1, 0.15) is 0 Å². The molecular formula is C18H34N4O. The van der Waals surface area contributed by atoms with E-state index in [1.807, 2.05) is 0 Å². The number of nitrogens with one attached hydrogen (secondary N) is 2. The van der Waals surface area contributed by atoms with Crippen molar-refractivity contribution in [3.8, 4) is 0 Å². The molecule has 1 aliphatic carbocycles. The monoisotopic (exact) mass is 322 g/mol. The summed E-state index contributed by atoms with van der Waals surface area (Å²) in [6, 6.07) is 1.24. The summed E-state index contributed by atoms with van der Waals surface area (Å²) in [7, 11) is 0. The third-order valence-corrected chi connectivity index (χ3v) is 5.86. The topological polar surface area (TPSA) is 47.6 Å². The Morgan fingerprint density at radius 3 is 2.35 bits per heavy atom. The minimum absolute atomic E-state index is 0.262. The van der Waals surface area contributed by atoms with Gasteiger partial charge in [0.05, 0.1) is 0 Å². The van der Waals surface area contributed by atoms with E-state index in [9.17, 15) is 4.79 Å². The van der Waals surface area contributed by atoms with Crippen molar-refractivity contribution in [2.45, 2.75) is 63.5 Å². The molecule has 0 radical (unpaired) electrons. The summed E-state index contributed by atoms with van der Waals surface area (Å²) in [6.07, 6.45) is 9.53. The molecule has 1 saturated carbocycles. The molecule has 0 aromatic heterocycles. The van der Waals surface area contributed by atoms with Gasteiger partial charge in [0.25, 0.3) is 0 Å². The minimum atomic E-state index is 0.262. The van der Waals surface area contributed by atoms with Crippen molar-refractivity contribution in [3.05, 3.63) is 0 Å². The lowest BCUT2D eigenvalue weighted by Crippen LogP contribution is -2.53. The summed E-state index contributed by atoms with van der Waals surface area (Å²) in [5.74, 6) is 0.262. The van der Waals surface area contributed by atoms with Crippen molar-refractivity contribution in [2.75, 3.05) is 45.8 Å². The van der Waals surface area contributed by atoms with E-state index >= 15 is 0 Å².